The Balaban J connectivity index is 2.22. The topological polar surface area (TPSA) is 140 Å². The Morgan fingerprint density at radius 1 is 0.846 bits per heavy atom. The molecule has 0 heterocycles. The van der Waals surface area contributed by atoms with Gasteiger partial charge in [0.2, 0.25) is 0 Å². The van der Waals surface area contributed by atoms with E-state index in [4.69, 9.17) is 29.4 Å². The Labute approximate surface area is 228 Å². The molecule has 2 unspecified atom stereocenters. The van der Waals surface area contributed by atoms with Crippen LogP contribution >= 0.6 is 0 Å². The van der Waals surface area contributed by atoms with Crippen molar-refractivity contribution in [3.63, 3.8) is 0 Å². The first-order valence-corrected chi connectivity index (χ1v) is 12.9. The molecule has 212 valence electrons. The highest BCUT2D eigenvalue weighted by Gasteiger charge is 2.36. The third kappa shape index (κ3) is 9.40. The molecule has 0 saturated carbocycles. The van der Waals surface area contributed by atoms with Crippen molar-refractivity contribution in [2.24, 2.45) is 17.6 Å². The van der Waals surface area contributed by atoms with Gasteiger partial charge < -0.3 is 29.4 Å². The molecule has 2 rings (SSSR count). The molecule has 0 radical (unpaired) electrons. The van der Waals surface area contributed by atoms with E-state index in [2.05, 4.69) is 0 Å². The highest BCUT2D eigenvalue weighted by Crippen LogP contribution is 2.32. The van der Waals surface area contributed by atoms with Crippen LogP contribution in [0.25, 0.3) is 0 Å². The third-order valence-electron chi connectivity index (χ3n) is 6.28. The van der Waals surface area contributed by atoms with Gasteiger partial charge in [-0.3, -0.25) is 14.4 Å². The SMILES string of the molecule is CCC(C)C(=O)Oc1ccc(C[C@](N)(CCOC(=O)Oc2ccccc2)C(=O)OC)cc1OC(=O)C(C)CC. The fraction of sp³-hybridized carbons (Fsp3) is 0.448. The molecule has 0 aliphatic carbocycles. The maximum Gasteiger partial charge on any atom is 0.513 e. The highest BCUT2D eigenvalue weighted by molar-refractivity contribution is 5.81. The van der Waals surface area contributed by atoms with E-state index in [0.717, 1.165) is 0 Å². The van der Waals surface area contributed by atoms with E-state index in [1.54, 1.807) is 50.2 Å². The second kappa shape index (κ2) is 14.9. The molecule has 0 aromatic heterocycles. The van der Waals surface area contributed by atoms with Crippen molar-refractivity contribution in [3.8, 4) is 17.2 Å². The van der Waals surface area contributed by atoms with Crippen molar-refractivity contribution in [1.29, 1.82) is 0 Å². The van der Waals surface area contributed by atoms with Crippen molar-refractivity contribution in [1.82, 2.24) is 0 Å². The Bertz CT molecular complexity index is 1130. The summed E-state index contributed by atoms with van der Waals surface area (Å²) < 4.78 is 26.2. The Kier molecular flexibility index (Phi) is 11.9. The molecule has 3 atom stereocenters. The van der Waals surface area contributed by atoms with E-state index in [9.17, 15) is 19.2 Å². The Hall–Kier alpha value is -3.92. The lowest BCUT2D eigenvalue weighted by molar-refractivity contribution is -0.147. The molecule has 0 aliphatic rings. The van der Waals surface area contributed by atoms with Crippen LogP contribution in [0, 0.1) is 11.8 Å². The first-order chi connectivity index (χ1) is 18.5. The fourth-order valence-electron chi connectivity index (χ4n) is 3.34. The van der Waals surface area contributed by atoms with Crippen molar-refractivity contribution in [3.05, 3.63) is 54.1 Å². The second-order valence-corrected chi connectivity index (χ2v) is 9.33. The molecule has 10 nitrogen and oxygen atoms in total. The average molecular weight is 544 g/mol. The largest absolute Gasteiger partial charge is 0.513 e. The number of benzene rings is 2. The molecule has 0 bridgehead atoms. The van der Waals surface area contributed by atoms with E-state index in [1.165, 1.54) is 19.2 Å². The zero-order valence-electron chi connectivity index (χ0n) is 23.1. The van der Waals surface area contributed by atoms with Gasteiger partial charge in [-0.25, -0.2) is 4.79 Å². The van der Waals surface area contributed by atoms with E-state index in [-0.39, 0.29) is 42.8 Å². The van der Waals surface area contributed by atoms with Gasteiger partial charge in [0.15, 0.2) is 11.5 Å². The van der Waals surface area contributed by atoms with Gasteiger partial charge in [0.1, 0.15) is 11.3 Å². The molecule has 0 saturated heterocycles. The standard InChI is InChI=1S/C29H37NO9/c1-6-19(3)25(31)38-23-14-13-21(17-24(23)39-26(32)20(4)7-2)18-29(30,27(33)35-5)15-16-36-28(34)37-22-11-9-8-10-12-22/h8-14,17,19-20H,6-7,15-16,18,30H2,1-5H3/t19?,20?,29-/m1/s1. The predicted molar refractivity (Wildman–Crippen MR) is 142 cm³/mol. The number of hydrogen-bond donors (Lipinski definition) is 1. The van der Waals surface area contributed by atoms with Crippen molar-refractivity contribution in [2.75, 3.05) is 13.7 Å². The summed E-state index contributed by atoms with van der Waals surface area (Å²) in [5.74, 6) is -2.01. The average Bonchev–Trinajstić information content (AvgIpc) is 2.93. The van der Waals surface area contributed by atoms with Gasteiger partial charge in [0, 0.05) is 12.8 Å². The molecule has 2 aromatic rings. The van der Waals surface area contributed by atoms with Crippen LogP contribution in [0.3, 0.4) is 0 Å². The maximum absolute atomic E-state index is 12.6. The first kappa shape index (κ1) is 31.3. The molecule has 0 spiro atoms. The second-order valence-electron chi connectivity index (χ2n) is 9.33. The molecule has 2 N–H and O–H groups in total. The van der Waals surface area contributed by atoms with Crippen molar-refractivity contribution >= 4 is 24.1 Å². The number of carbonyl (C=O) groups is 4. The Morgan fingerprint density at radius 2 is 1.44 bits per heavy atom. The number of rotatable bonds is 13. The number of ether oxygens (including phenoxy) is 5. The number of carbonyl (C=O) groups excluding carboxylic acids is 4. The maximum atomic E-state index is 12.6. The van der Waals surface area contributed by atoms with E-state index < -0.39 is 29.6 Å². The smallest absolute Gasteiger partial charge is 0.468 e. The minimum Gasteiger partial charge on any atom is -0.468 e. The van der Waals surface area contributed by atoms with Gasteiger partial charge in [-0.1, -0.05) is 52.0 Å². The van der Waals surface area contributed by atoms with Gasteiger partial charge in [-0.2, -0.15) is 0 Å². The van der Waals surface area contributed by atoms with Gasteiger partial charge in [-0.15, -0.1) is 0 Å². The van der Waals surface area contributed by atoms with Crippen molar-refractivity contribution in [2.45, 2.75) is 58.9 Å². The van der Waals surface area contributed by atoms with Crippen LogP contribution in [0.5, 0.6) is 17.2 Å². The third-order valence-corrected chi connectivity index (χ3v) is 6.28. The summed E-state index contributed by atoms with van der Waals surface area (Å²) in [6.45, 7) is 6.94. The number of hydrogen-bond acceptors (Lipinski definition) is 10. The normalized spacial score (nSPS) is 13.8. The molecule has 0 fully saturated rings. The van der Waals surface area contributed by atoms with Crippen LogP contribution in [0.1, 0.15) is 52.5 Å². The zero-order valence-corrected chi connectivity index (χ0v) is 23.1. The number of methoxy groups -OCH3 is 1. The van der Waals surface area contributed by atoms with E-state index in [0.29, 0.717) is 24.2 Å². The lowest BCUT2D eigenvalue weighted by Crippen LogP contribution is -2.51. The van der Waals surface area contributed by atoms with Gasteiger partial charge in [-0.05, 0) is 42.7 Å². The fourth-order valence-corrected chi connectivity index (χ4v) is 3.34. The molecule has 0 aliphatic heterocycles. The van der Waals surface area contributed by atoms with Crippen molar-refractivity contribution < 1.29 is 42.9 Å². The first-order valence-electron chi connectivity index (χ1n) is 12.9. The summed E-state index contributed by atoms with van der Waals surface area (Å²) in [5.41, 5.74) is 5.34. The van der Waals surface area contributed by atoms with Crippen LogP contribution in [0.2, 0.25) is 0 Å². The molecule has 10 heteroatoms. The molecular formula is C29H37NO9. The van der Waals surface area contributed by atoms with Crippen LogP contribution < -0.4 is 19.9 Å². The van der Waals surface area contributed by atoms with Crippen LogP contribution in [-0.4, -0.2) is 43.3 Å². The van der Waals surface area contributed by atoms with Crippen LogP contribution in [0.4, 0.5) is 4.79 Å². The molecule has 2 aromatic carbocycles. The summed E-state index contributed by atoms with van der Waals surface area (Å²) in [7, 11) is 1.20. The quantitative estimate of drug-likeness (QED) is 0.216. The summed E-state index contributed by atoms with van der Waals surface area (Å²) in [4.78, 5) is 49.6. The van der Waals surface area contributed by atoms with Gasteiger partial charge in [0.25, 0.3) is 0 Å². The van der Waals surface area contributed by atoms with Crippen LogP contribution in [-0.2, 0) is 30.3 Å². The minimum absolute atomic E-state index is 0.0318. The monoisotopic (exact) mass is 543 g/mol. The number of esters is 3. The predicted octanol–water partition coefficient (Wildman–Crippen LogP) is 4.61. The van der Waals surface area contributed by atoms with Gasteiger partial charge >= 0.3 is 24.1 Å². The highest BCUT2D eigenvalue weighted by atomic mass is 16.7. The lowest BCUT2D eigenvalue weighted by atomic mass is 9.88. The summed E-state index contributed by atoms with van der Waals surface area (Å²) >= 11 is 0. The van der Waals surface area contributed by atoms with Gasteiger partial charge in [0.05, 0.1) is 25.6 Å². The summed E-state index contributed by atoms with van der Waals surface area (Å²) in [5, 5.41) is 0. The van der Waals surface area contributed by atoms with E-state index >= 15 is 0 Å². The molecule has 0 amide bonds. The molecule has 39 heavy (non-hydrogen) atoms. The Morgan fingerprint density at radius 3 is 2.00 bits per heavy atom. The zero-order chi connectivity index (χ0) is 29.0. The number of para-hydroxylation sites is 1. The molecular weight excluding hydrogens is 506 g/mol. The lowest BCUT2D eigenvalue weighted by Gasteiger charge is -2.26. The summed E-state index contributed by atoms with van der Waals surface area (Å²) in [6.07, 6.45) is 0.0524. The van der Waals surface area contributed by atoms with E-state index in [1.807, 2.05) is 13.8 Å². The number of nitrogens with two attached hydrogens (primary N) is 1. The summed E-state index contributed by atoms with van der Waals surface area (Å²) in [6, 6.07) is 13.0. The minimum atomic E-state index is -1.59. The van der Waals surface area contributed by atoms with Crippen LogP contribution in [0.15, 0.2) is 48.5 Å².